The van der Waals surface area contributed by atoms with Crippen LogP contribution in [0.4, 0.5) is 5.69 Å². The predicted octanol–water partition coefficient (Wildman–Crippen LogP) is 4.91. The fourth-order valence-electron chi connectivity index (χ4n) is 3.50. The van der Waals surface area contributed by atoms with Gasteiger partial charge in [-0.1, -0.05) is 41.6 Å². The first-order chi connectivity index (χ1) is 14.1. The minimum Gasteiger partial charge on any atom is -0.324 e. The molecular weight excluding hydrogens is 426 g/mol. The maximum absolute atomic E-state index is 13.2. The third-order valence-corrected chi connectivity index (χ3v) is 7.32. The minimum absolute atomic E-state index is 0.0386. The van der Waals surface area contributed by atoms with Gasteiger partial charge in [0.2, 0.25) is 5.91 Å². The van der Waals surface area contributed by atoms with Crippen LogP contribution in [0.15, 0.2) is 46.9 Å². The number of benzene rings is 1. The fourth-order valence-corrected chi connectivity index (χ4v) is 5.79. The van der Waals surface area contributed by atoms with E-state index in [0.29, 0.717) is 22.4 Å². The third-order valence-electron chi connectivity index (χ3n) is 4.83. The lowest BCUT2D eigenvalue weighted by molar-refractivity contribution is -0.113. The molecule has 0 radical (unpaired) electrons. The summed E-state index contributed by atoms with van der Waals surface area (Å²) >= 11 is 8.96. The highest BCUT2D eigenvalue weighted by molar-refractivity contribution is 7.99. The van der Waals surface area contributed by atoms with Gasteiger partial charge in [-0.05, 0) is 43.4 Å². The molecular formula is C21H20ClN3O2S2. The number of nitrogens with zero attached hydrogens (tertiary/aromatic N) is 2. The van der Waals surface area contributed by atoms with Crippen LogP contribution in [-0.2, 0) is 24.2 Å². The van der Waals surface area contributed by atoms with E-state index in [2.05, 4.69) is 11.9 Å². The Bertz CT molecular complexity index is 1150. The quantitative estimate of drug-likeness (QED) is 0.332. The molecule has 0 saturated heterocycles. The number of anilines is 1. The maximum atomic E-state index is 13.2. The van der Waals surface area contributed by atoms with Crippen molar-refractivity contribution in [2.75, 3.05) is 11.1 Å². The first-order valence-corrected chi connectivity index (χ1v) is 11.6. The standard InChI is InChI=1S/C21H20ClN3O2S2/c1-2-11-25-20(27)18-13-7-3-6-10-16(13)29-19(18)24-21(25)28-12-17(26)23-15-9-5-4-8-14(15)22/h2,4-5,8-9H,1,3,6-7,10-12H2,(H,23,26). The van der Waals surface area contributed by atoms with Gasteiger partial charge < -0.3 is 5.32 Å². The summed E-state index contributed by atoms with van der Waals surface area (Å²) < 4.78 is 1.62. The van der Waals surface area contributed by atoms with E-state index >= 15 is 0 Å². The molecule has 0 saturated carbocycles. The Morgan fingerprint density at radius 1 is 1.34 bits per heavy atom. The van der Waals surface area contributed by atoms with Crippen molar-refractivity contribution in [3.05, 3.63) is 62.7 Å². The molecule has 150 valence electrons. The molecule has 5 nitrogen and oxygen atoms in total. The van der Waals surface area contributed by atoms with Crippen LogP contribution in [0.1, 0.15) is 23.3 Å². The first-order valence-electron chi connectivity index (χ1n) is 9.41. The lowest BCUT2D eigenvalue weighted by atomic mass is 9.97. The summed E-state index contributed by atoms with van der Waals surface area (Å²) in [5, 5.41) is 4.57. The van der Waals surface area contributed by atoms with Crippen LogP contribution in [0.2, 0.25) is 5.02 Å². The van der Waals surface area contributed by atoms with Crippen molar-refractivity contribution in [2.45, 2.75) is 37.4 Å². The third kappa shape index (κ3) is 4.13. The van der Waals surface area contributed by atoms with E-state index in [0.717, 1.165) is 35.9 Å². The van der Waals surface area contributed by atoms with Crippen molar-refractivity contribution in [1.82, 2.24) is 9.55 Å². The van der Waals surface area contributed by atoms with Crippen molar-refractivity contribution in [3.63, 3.8) is 0 Å². The molecule has 8 heteroatoms. The summed E-state index contributed by atoms with van der Waals surface area (Å²) in [5.74, 6) is -0.0705. The molecule has 0 spiro atoms. The average molecular weight is 446 g/mol. The molecule has 1 aliphatic rings. The van der Waals surface area contributed by atoms with Crippen molar-refractivity contribution in [3.8, 4) is 0 Å². The highest BCUT2D eigenvalue weighted by atomic mass is 35.5. The number of thioether (sulfide) groups is 1. The number of halogens is 1. The Balaban J connectivity index is 1.62. The summed E-state index contributed by atoms with van der Waals surface area (Å²) in [6.07, 6.45) is 5.90. The molecule has 0 unspecified atom stereocenters. The number of thiophene rings is 1. The van der Waals surface area contributed by atoms with Gasteiger partial charge in [0, 0.05) is 11.4 Å². The zero-order chi connectivity index (χ0) is 20.4. The zero-order valence-electron chi connectivity index (χ0n) is 15.7. The van der Waals surface area contributed by atoms with Crippen LogP contribution in [0.3, 0.4) is 0 Å². The molecule has 0 aliphatic heterocycles. The minimum atomic E-state index is -0.201. The summed E-state index contributed by atoms with van der Waals surface area (Å²) in [6, 6.07) is 7.09. The molecule has 4 rings (SSSR count). The van der Waals surface area contributed by atoms with E-state index in [-0.39, 0.29) is 17.2 Å². The predicted molar refractivity (Wildman–Crippen MR) is 122 cm³/mol. The van der Waals surface area contributed by atoms with Crippen LogP contribution in [0.5, 0.6) is 0 Å². The van der Waals surface area contributed by atoms with Gasteiger partial charge in [0.05, 0.1) is 21.8 Å². The second-order valence-electron chi connectivity index (χ2n) is 6.81. The number of rotatable bonds is 6. The van der Waals surface area contributed by atoms with Gasteiger partial charge in [0.15, 0.2) is 5.16 Å². The molecule has 29 heavy (non-hydrogen) atoms. The number of carbonyl (C=O) groups is 1. The number of allylic oxidation sites excluding steroid dienone is 1. The van der Waals surface area contributed by atoms with Crippen molar-refractivity contribution >= 4 is 56.5 Å². The SMILES string of the molecule is C=CCn1c(SCC(=O)Nc2ccccc2Cl)nc2sc3c(c2c1=O)CCCC3. The number of fused-ring (bicyclic) bond motifs is 3. The largest absolute Gasteiger partial charge is 0.324 e. The summed E-state index contributed by atoms with van der Waals surface area (Å²) in [6.45, 7) is 4.13. The van der Waals surface area contributed by atoms with Gasteiger partial charge in [0.25, 0.3) is 5.56 Å². The number of hydrogen-bond donors (Lipinski definition) is 1. The monoisotopic (exact) mass is 445 g/mol. The van der Waals surface area contributed by atoms with E-state index in [9.17, 15) is 9.59 Å². The summed E-state index contributed by atoms with van der Waals surface area (Å²) in [7, 11) is 0. The van der Waals surface area contributed by atoms with Gasteiger partial charge in [-0.15, -0.1) is 17.9 Å². The topological polar surface area (TPSA) is 64.0 Å². The molecule has 1 aromatic carbocycles. The van der Waals surface area contributed by atoms with Gasteiger partial charge in [0.1, 0.15) is 4.83 Å². The molecule has 2 heterocycles. The van der Waals surface area contributed by atoms with Crippen LogP contribution in [0.25, 0.3) is 10.2 Å². The molecule has 1 aliphatic carbocycles. The zero-order valence-corrected chi connectivity index (χ0v) is 18.1. The molecule has 2 aromatic heterocycles. The molecule has 0 fully saturated rings. The lowest BCUT2D eigenvalue weighted by Gasteiger charge is -2.12. The Morgan fingerprint density at radius 3 is 2.93 bits per heavy atom. The highest BCUT2D eigenvalue weighted by Crippen LogP contribution is 2.34. The number of amides is 1. The second kappa shape index (κ2) is 8.73. The van der Waals surface area contributed by atoms with Gasteiger partial charge >= 0.3 is 0 Å². The van der Waals surface area contributed by atoms with E-state index in [1.807, 2.05) is 6.07 Å². The summed E-state index contributed by atoms with van der Waals surface area (Å²) in [5.41, 5.74) is 1.69. The van der Waals surface area contributed by atoms with E-state index in [1.165, 1.54) is 22.2 Å². The molecule has 1 N–H and O–H groups in total. The first kappa shape index (κ1) is 20.2. The van der Waals surface area contributed by atoms with Gasteiger partial charge in [-0.25, -0.2) is 4.98 Å². The maximum Gasteiger partial charge on any atom is 0.263 e. The Kier molecular flexibility index (Phi) is 6.08. The second-order valence-corrected chi connectivity index (χ2v) is 9.24. The molecule has 1 amide bonds. The highest BCUT2D eigenvalue weighted by Gasteiger charge is 2.22. The Hall–Kier alpha value is -2.09. The Labute approximate surface area is 181 Å². The number of aromatic nitrogens is 2. The van der Waals surface area contributed by atoms with E-state index < -0.39 is 0 Å². The Morgan fingerprint density at radius 2 is 2.14 bits per heavy atom. The number of hydrogen-bond acceptors (Lipinski definition) is 5. The van der Waals surface area contributed by atoms with Crippen molar-refractivity contribution in [1.29, 1.82) is 0 Å². The molecule has 3 aromatic rings. The number of carbonyl (C=O) groups excluding carboxylic acids is 1. The van der Waals surface area contributed by atoms with Gasteiger partial charge in [-0.2, -0.15) is 0 Å². The normalized spacial score (nSPS) is 13.3. The smallest absolute Gasteiger partial charge is 0.263 e. The van der Waals surface area contributed by atoms with Crippen LogP contribution in [-0.4, -0.2) is 21.2 Å². The molecule has 0 atom stereocenters. The fraction of sp³-hybridized carbons (Fsp3) is 0.286. The average Bonchev–Trinajstić information content (AvgIpc) is 3.09. The van der Waals surface area contributed by atoms with Crippen molar-refractivity contribution in [2.24, 2.45) is 0 Å². The van der Waals surface area contributed by atoms with E-state index in [4.69, 9.17) is 16.6 Å². The van der Waals surface area contributed by atoms with Gasteiger partial charge in [-0.3, -0.25) is 14.2 Å². The van der Waals surface area contributed by atoms with Crippen LogP contribution >= 0.6 is 34.7 Å². The van der Waals surface area contributed by atoms with Crippen molar-refractivity contribution < 1.29 is 4.79 Å². The molecule has 0 bridgehead atoms. The van der Waals surface area contributed by atoms with E-state index in [1.54, 1.807) is 40.2 Å². The van der Waals surface area contributed by atoms with Crippen LogP contribution in [0, 0.1) is 0 Å². The summed E-state index contributed by atoms with van der Waals surface area (Å²) in [4.78, 5) is 32.4. The van der Waals surface area contributed by atoms with Crippen LogP contribution < -0.4 is 10.9 Å². The number of nitrogens with one attached hydrogen (secondary N) is 1. The number of aryl methyl sites for hydroxylation is 2. The number of para-hydroxylation sites is 1. The lowest BCUT2D eigenvalue weighted by Crippen LogP contribution is -2.24.